The second kappa shape index (κ2) is 14.5. The van der Waals surface area contributed by atoms with E-state index in [1.54, 1.807) is 0 Å². The van der Waals surface area contributed by atoms with E-state index >= 15 is 0 Å². The molecule has 0 saturated carbocycles. The van der Waals surface area contributed by atoms with Crippen LogP contribution in [0, 0.1) is 13.8 Å². The Labute approximate surface area is 399 Å². The monoisotopic (exact) mass is 870 g/mol. The van der Waals surface area contributed by atoms with Crippen LogP contribution in [0.15, 0.2) is 182 Å². The van der Waals surface area contributed by atoms with Gasteiger partial charge in [-0.05, 0) is 196 Å². The quantitative estimate of drug-likeness (QED) is 0.155. The van der Waals surface area contributed by atoms with Gasteiger partial charge in [-0.25, -0.2) is 0 Å². The molecule has 0 saturated heterocycles. The third kappa shape index (κ3) is 5.86. The van der Waals surface area contributed by atoms with Gasteiger partial charge in [-0.3, -0.25) is 0 Å². The molecule has 0 atom stereocenters. The van der Waals surface area contributed by atoms with Gasteiger partial charge in [0.05, 0.1) is 0 Å². The minimum absolute atomic E-state index is 0.0150. The number of rotatable bonds is 4. The molecule has 68 heavy (non-hydrogen) atoms. The van der Waals surface area contributed by atoms with Crippen molar-refractivity contribution in [3.05, 3.63) is 204 Å². The van der Waals surface area contributed by atoms with Crippen molar-refractivity contribution in [1.82, 2.24) is 0 Å². The van der Waals surface area contributed by atoms with Crippen molar-refractivity contribution in [2.45, 2.75) is 66.2 Å². The summed E-state index contributed by atoms with van der Waals surface area (Å²) in [6.45, 7) is 18.5. The first-order valence-electron chi connectivity index (χ1n) is 24.4. The Morgan fingerprint density at radius 3 is 1.53 bits per heavy atom. The molecule has 0 aliphatic heterocycles. The maximum absolute atomic E-state index is 2.56. The van der Waals surface area contributed by atoms with E-state index in [-0.39, 0.29) is 10.8 Å². The lowest BCUT2D eigenvalue weighted by molar-refractivity contribution is 0.589. The fourth-order valence-corrected chi connectivity index (χ4v) is 12.2. The highest BCUT2D eigenvalue weighted by Gasteiger charge is 2.28. The first-order chi connectivity index (χ1) is 32.8. The number of aryl methyl sites for hydroxylation is 2. The zero-order valence-corrected chi connectivity index (χ0v) is 40.3. The van der Waals surface area contributed by atoms with Crippen LogP contribution in [0.3, 0.4) is 0 Å². The molecule has 0 nitrogen and oxygen atoms in total. The van der Waals surface area contributed by atoms with Crippen molar-refractivity contribution in [3.8, 4) is 44.5 Å². The summed E-state index contributed by atoms with van der Waals surface area (Å²) in [6.07, 6.45) is 0. The van der Waals surface area contributed by atoms with Crippen molar-refractivity contribution in [1.29, 1.82) is 0 Å². The molecule has 0 aliphatic rings. The van der Waals surface area contributed by atoms with Gasteiger partial charge in [0.15, 0.2) is 0 Å². The standard InChI is InChI=1S/C68H54/c1-39-18-15-19-40(2)59(39)44-29-31-48-55(35-44)50-25-17-26-51-63(50)57(48)38-58-60(41-20-11-9-12-21-41)65-52-27-16-24-49-47(32-33-53(62(49)52)66(65)61(64(51)58)42-22-13-10-14-23-42)56-37-46(68(6,7)8)34-43-28-30-45(36-54(43)56)67(3,4)5/h9-38H,1-8H3. The molecule has 0 spiro atoms. The largest absolute Gasteiger partial charge is 0.0622 e. The molecule has 0 bridgehead atoms. The first-order valence-corrected chi connectivity index (χ1v) is 24.4. The Morgan fingerprint density at radius 1 is 0.265 bits per heavy atom. The Kier molecular flexibility index (Phi) is 8.67. The lowest BCUT2D eigenvalue weighted by Gasteiger charge is -2.24. The average Bonchev–Trinajstić information content (AvgIpc) is 3.84. The molecule has 13 aromatic rings. The second-order valence-electron chi connectivity index (χ2n) is 21.7. The van der Waals surface area contributed by atoms with Gasteiger partial charge in [0, 0.05) is 0 Å². The zero-order valence-electron chi connectivity index (χ0n) is 40.3. The molecule has 0 heterocycles. The number of hydrogen-bond donors (Lipinski definition) is 0. The van der Waals surface area contributed by atoms with Crippen LogP contribution < -0.4 is 0 Å². The molecule has 0 aromatic heterocycles. The van der Waals surface area contributed by atoms with Crippen molar-refractivity contribution in [3.63, 3.8) is 0 Å². The van der Waals surface area contributed by atoms with Crippen molar-refractivity contribution >= 4 is 86.2 Å². The molecular formula is C68H54. The minimum atomic E-state index is -0.0150. The number of benzene rings is 11. The van der Waals surface area contributed by atoms with Crippen LogP contribution in [0.4, 0.5) is 0 Å². The molecule has 0 unspecified atom stereocenters. The van der Waals surface area contributed by atoms with E-state index in [4.69, 9.17) is 0 Å². The maximum atomic E-state index is 2.56. The highest BCUT2D eigenvalue weighted by atomic mass is 14.3. The number of hydrogen-bond acceptors (Lipinski definition) is 0. The van der Waals surface area contributed by atoms with Crippen molar-refractivity contribution in [2.24, 2.45) is 0 Å². The van der Waals surface area contributed by atoms with Crippen LogP contribution in [-0.2, 0) is 10.8 Å². The van der Waals surface area contributed by atoms with Crippen LogP contribution >= 0.6 is 0 Å². The van der Waals surface area contributed by atoms with E-state index in [1.807, 2.05) is 0 Å². The smallest absolute Gasteiger partial charge is 0.000719 e. The van der Waals surface area contributed by atoms with E-state index in [0.717, 1.165) is 0 Å². The highest BCUT2D eigenvalue weighted by molar-refractivity contribution is 6.45. The van der Waals surface area contributed by atoms with E-state index in [1.165, 1.54) is 153 Å². The van der Waals surface area contributed by atoms with Gasteiger partial charge in [-0.2, -0.15) is 0 Å². The van der Waals surface area contributed by atoms with Gasteiger partial charge in [-0.1, -0.05) is 205 Å². The summed E-state index contributed by atoms with van der Waals surface area (Å²) < 4.78 is 0. The van der Waals surface area contributed by atoms with Crippen molar-refractivity contribution in [2.75, 3.05) is 0 Å². The summed E-state index contributed by atoms with van der Waals surface area (Å²) in [5, 5.41) is 21.1. The summed E-state index contributed by atoms with van der Waals surface area (Å²) in [6, 6.07) is 70.0. The minimum Gasteiger partial charge on any atom is -0.0622 e. The Hall–Kier alpha value is -7.54. The molecule has 0 heteroatoms. The third-order valence-corrected chi connectivity index (χ3v) is 15.5. The maximum Gasteiger partial charge on any atom is -0.000719 e. The van der Waals surface area contributed by atoms with Gasteiger partial charge in [0.25, 0.3) is 0 Å². The SMILES string of the molecule is Cc1cccc(C)c1-c1ccc2c(c1)c1cccc3c4c(-c5ccccc5)c5c6ccc(-c7cc(C(C)(C)C)cc8ccc(C(C)(C)C)cc78)c7cccc(c5c(-c5ccccc5)c4cc2c13)c76. The normalized spacial score (nSPS) is 12.7. The summed E-state index contributed by atoms with van der Waals surface area (Å²) in [5.74, 6) is 0. The first kappa shape index (κ1) is 40.7. The third-order valence-electron chi connectivity index (χ3n) is 15.5. The van der Waals surface area contributed by atoms with Crippen LogP contribution in [0.5, 0.6) is 0 Å². The van der Waals surface area contributed by atoms with Crippen LogP contribution in [-0.4, -0.2) is 0 Å². The molecule has 13 aromatic carbocycles. The van der Waals surface area contributed by atoms with Gasteiger partial charge in [0.1, 0.15) is 0 Å². The van der Waals surface area contributed by atoms with Crippen LogP contribution in [0.2, 0.25) is 0 Å². The zero-order chi connectivity index (χ0) is 46.4. The summed E-state index contributed by atoms with van der Waals surface area (Å²) >= 11 is 0. The average molecular weight is 871 g/mol. The fraction of sp³-hybridized carbons (Fsp3) is 0.147. The highest BCUT2D eigenvalue weighted by Crippen LogP contribution is 2.56. The predicted octanol–water partition coefficient (Wildman–Crippen LogP) is 19.7. The number of fused-ring (bicyclic) bond motifs is 9. The van der Waals surface area contributed by atoms with E-state index in [9.17, 15) is 0 Å². The summed E-state index contributed by atoms with van der Waals surface area (Å²) in [4.78, 5) is 0. The molecule has 13 rings (SSSR count). The van der Waals surface area contributed by atoms with Crippen LogP contribution in [0.25, 0.3) is 131 Å². The Morgan fingerprint density at radius 2 is 0.838 bits per heavy atom. The summed E-state index contributed by atoms with van der Waals surface area (Å²) in [5.41, 5.74) is 15.6. The fourth-order valence-electron chi connectivity index (χ4n) is 12.2. The topological polar surface area (TPSA) is 0 Å². The molecular weight excluding hydrogens is 817 g/mol. The Bertz CT molecular complexity index is 4170. The van der Waals surface area contributed by atoms with Gasteiger partial charge in [0.2, 0.25) is 0 Å². The van der Waals surface area contributed by atoms with Crippen molar-refractivity contribution < 1.29 is 0 Å². The predicted molar refractivity (Wildman–Crippen MR) is 297 cm³/mol. The molecule has 0 N–H and O–H groups in total. The lowest BCUT2D eigenvalue weighted by atomic mass is 9.80. The summed E-state index contributed by atoms with van der Waals surface area (Å²) in [7, 11) is 0. The Balaban J connectivity index is 1.21. The van der Waals surface area contributed by atoms with E-state index in [0.29, 0.717) is 0 Å². The molecule has 0 aliphatic carbocycles. The molecule has 326 valence electrons. The van der Waals surface area contributed by atoms with Crippen LogP contribution in [0.1, 0.15) is 63.8 Å². The lowest BCUT2D eigenvalue weighted by Crippen LogP contribution is -2.12. The molecule has 0 amide bonds. The molecule has 0 radical (unpaired) electrons. The van der Waals surface area contributed by atoms with Gasteiger partial charge in [-0.15, -0.1) is 0 Å². The van der Waals surface area contributed by atoms with Gasteiger partial charge >= 0.3 is 0 Å². The van der Waals surface area contributed by atoms with E-state index < -0.39 is 0 Å². The van der Waals surface area contributed by atoms with E-state index in [2.05, 4.69) is 237 Å². The molecule has 0 fully saturated rings. The van der Waals surface area contributed by atoms with Gasteiger partial charge < -0.3 is 0 Å². The second-order valence-corrected chi connectivity index (χ2v) is 21.7.